The third-order valence-corrected chi connectivity index (χ3v) is 5.39. The number of nitrogens with two attached hydrogens (primary N) is 1. The molecule has 0 spiro atoms. The third-order valence-electron chi connectivity index (χ3n) is 5.39. The fourth-order valence-corrected chi connectivity index (χ4v) is 3.84. The zero-order valence-electron chi connectivity index (χ0n) is 12.1. The fourth-order valence-electron chi connectivity index (χ4n) is 3.84. The van der Waals surface area contributed by atoms with Gasteiger partial charge in [0.1, 0.15) is 0 Å². The van der Waals surface area contributed by atoms with Gasteiger partial charge in [-0.15, -0.1) is 0 Å². The Morgan fingerprint density at radius 2 is 1.89 bits per heavy atom. The Morgan fingerprint density at radius 1 is 1.21 bits per heavy atom. The minimum atomic E-state index is 0.305. The van der Waals surface area contributed by atoms with E-state index in [-0.39, 0.29) is 0 Å². The average Bonchev–Trinajstić information content (AvgIpc) is 2.40. The number of nitrogens with zero attached hydrogens (tertiary/aromatic N) is 1. The molecule has 0 aromatic heterocycles. The lowest BCUT2D eigenvalue weighted by Crippen LogP contribution is -2.42. The van der Waals surface area contributed by atoms with Crippen LogP contribution in [0.2, 0.25) is 0 Å². The number of hydrogen-bond donors (Lipinski definition) is 1. The first kappa shape index (κ1) is 13.1. The third kappa shape index (κ3) is 2.32. The number of rotatable bonds is 3. The van der Waals surface area contributed by atoms with Gasteiger partial charge in [-0.3, -0.25) is 0 Å². The number of piperidine rings is 1. The van der Waals surface area contributed by atoms with E-state index in [0.717, 1.165) is 12.5 Å². The minimum absolute atomic E-state index is 0.305. The van der Waals surface area contributed by atoms with Crippen molar-refractivity contribution >= 4 is 0 Å². The van der Waals surface area contributed by atoms with Crippen LogP contribution in [0.25, 0.3) is 0 Å². The van der Waals surface area contributed by atoms with Crippen LogP contribution in [0.5, 0.6) is 0 Å². The van der Waals surface area contributed by atoms with Gasteiger partial charge in [-0.2, -0.15) is 0 Å². The predicted octanol–water partition coefficient (Wildman–Crippen LogP) is 2.88. The van der Waals surface area contributed by atoms with Crippen molar-refractivity contribution in [3.8, 4) is 0 Å². The summed E-state index contributed by atoms with van der Waals surface area (Å²) in [6.07, 6.45) is 6.52. The molecular weight excluding hydrogens is 232 g/mol. The standard InChI is InChI=1S/C17H26N2/c1-19-11-7-14(8-12-19)15-5-2-3-6-16(15)17(13-18)9-4-10-17/h2-3,5-6,14H,4,7-13,18H2,1H3. The SMILES string of the molecule is CN1CCC(c2ccccc2C2(CN)CCC2)CC1. The van der Waals surface area contributed by atoms with Crippen LogP contribution < -0.4 is 5.73 Å². The molecule has 1 aromatic carbocycles. The molecule has 2 heteroatoms. The summed E-state index contributed by atoms with van der Waals surface area (Å²) in [5.74, 6) is 0.747. The van der Waals surface area contributed by atoms with Gasteiger partial charge in [0, 0.05) is 12.0 Å². The second-order valence-corrected chi connectivity index (χ2v) is 6.50. The Bertz CT molecular complexity index is 423. The molecule has 0 unspecified atom stereocenters. The molecule has 2 aliphatic rings. The number of benzene rings is 1. The van der Waals surface area contributed by atoms with Crippen molar-refractivity contribution in [2.24, 2.45) is 5.73 Å². The Kier molecular flexibility index (Phi) is 3.64. The zero-order chi connectivity index (χ0) is 13.3. The largest absolute Gasteiger partial charge is 0.330 e. The summed E-state index contributed by atoms with van der Waals surface area (Å²) in [5.41, 5.74) is 9.58. The Hall–Kier alpha value is -0.860. The summed E-state index contributed by atoms with van der Waals surface area (Å²) in [6, 6.07) is 9.12. The van der Waals surface area contributed by atoms with Gasteiger partial charge in [-0.05, 0) is 62.9 Å². The Labute approximate surface area is 117 Å². The molecule has 0 bridgehead atoms. The molecule has 1 saturated carbocycles. The molecule has 3 rings (SSSR count). The maximum absolute atomic E-state index is 6.11. The maximum atomic E-state index is 6.11. The van der Waals surface area contributed by atoms with E-state index in [9.17, 15) is 0 Å². The van der Waals surface area contributed by atoms with Crippen LogP contribution in [0, 0.1) is 0 Å². The average molecular weight is 258 g/mol. The van der Waals surface area contributed by atoms with Gasteiger partial charge >= 0.3 is 0 Å². The first-order valence-electron chi connectivity index (χ1n) is 7.73. The van der Waals surface area contributed by atoms with Gasteiger partial charge in [0.15, 0.2) is 0 Å². The molecule has 0 atom stereocenters. The van der Waals surface area contributed by atoms with Crippen molar-refractivity contribution in [1.82, 2.24) is 4.90 Å². The van der Waals surface area contributed by atoms with Crippen molar-refractivity contribution in [1.29, 1.82) is 0 Å². The van der Waals surface area contributed by atoms with Crippen LogP contribution in [-0.4, -0.2) is 31.6 Å². The molecule has 2 nitrogen and oxygen atoms in total. The maximum Gasteiger partial charge on any atom is 0.00784 e. The molecule has 1 saturated heterocycles. The Morgan fingerprint density at radius 3 is 2.47 bits per heavy atom. The lowest BCUT2D eigenvalue weighted by atomic mass is 9.62. The topological polar surface area (TPSA) is 29.3 Å². The quantitative estimate of drug-likeness (QED) is 0.903. The molecule has 0 radical (unpaired) electrons. The summed E-state index contributed by atoms with van der Waals surface area (Å²) in [5, 5.41) is 0. The molecule has 2 N–H and O–H groups in total. The highest BCUT2D eigenvalue weighted by molar-refractivity contribution is 5.39. The van der Waals surface area contributed by atoms with Gasteiger partial charge in [0.2, 0.25) is 0 Å². The normalized spacial score (nSPS) is 24.1. The van der Waals surface area contributed by atoms with Gasteiger partial charge < -0.3 is 10.6 Å². The first-order chi connectivity index (χ1) is 9.25. The number of likely N-dealkylation sites (tertiary alicyclic amines) is 1. The van der Waals surface area contributed by atoms with E-state index in [1.807, 2.05) is 0 Å². The summed E-state index contributed by atoms with van der Waals surface area (Å²) in [6.45, 7) is 3.28. The van der Waals surface area contributed by atoms with Crippen LogP contribution >= 0.6 is 0 Å². The first-order valence-corrected chi connectivity index (χ1v) is 7.73. The van der Waals surface area contributed by atoms with Crippen LogP contribution in [-0.2, 0) is 5.41 Å². The van der Waals surface area contributed by atoms with Crippen molar-refractivity contribution in [3.63, 3.8) is 0 Å². The van der Waals surface area contributed by atoms with Crippen LogP contribution in [0.15, 0.2) is 24.3 Å². The molecule has 1 aliphatic heterocycles. The van der Waals surface area contributed by atoms with Crippen LogP contribution in [0.1, 0.15) is 49.1 Å². The van der Waals surface area contributed by atoms with E-state index < -0.39 is 0 Å². The predicted molar refractivity (Wildman–Crippen MR) is 80.5 cm³/mol. The summed E-state index contributed by atoms with van der Waals surface area (Å²) in [7, 11) is 2.23. The lowest BCUT2D eigenvalue weighted by Gasteiger charge is -2.44. The highest BCUT2D eigenvalue weighted by Crippen LogP contribution is 2.46. The van der Waals surface area contributed by atoms with E-state index in [1.165, 1.54) is 45.2 Å². The van der Waals surface area contributed by atoms with E-state index >= 15 is 0 Å². The smallest absolute Gasteiger partial charge is 0.00784 e. The molecule has 2 fully saturated rings. The monoisotopic (exact) mass is 258 g/mol. The van der Waals surface area contributed by atoms with Crippen molar-refractivity contribution < 1.29 is 0 Å². The fraction of sp³-hybridized carbons (Fsp3) is 0.647. The highest BCUT2D eigenvalue weighted by Gasteiger charge is 2.39. The molecule has 0 amide bonds. The minimum Gasteiger partial charge on any atom is -0.330 e. The molecule has 19 heavy (non-hydrogen) atoms. The van der Waals surface area contributed by atoms with Crippen molar-refractivity contribution in [3.05, 3.63) is 35.4 Å². The van der Waals surface area contributed by atoms with Crippen molar-refractivity contribution in [2.45, 2.75) is 43.4 Å². The van der Waals surface area contributed by atoms with Crippen molar-refractivity contribution in [2.75, 3.05) is 26.7 Å². The zero-order valence-corrected chi connectivity index (χ0v) is 12.1. The molecule has 104 valence electrons. The van der Waals surface area contributed by atoms with Gasteiger partial charge in [-0.1, -0.05) is 30.7 Å². The number of hydrogen-bond acceptors (Lipinski definition) is 2. The second kappa shape index (κ2) is 5.26. The van der Waals surface area contributed by atoms with E-state index in [2.05, 4.69) is 36.2 Å². The van der Waals surface area contributed by atoms with Crippen LogP contribution in [0.3, 0.4) is 0 Å². The van der Waals surface area contributed by atoms with E-state index in [4.69, 9.17) is 5.73 Å². The molecule has 1 aliphatic carbocycles. The van der Waals surface area contributed by atoms with E-state index in [1.54, 1.807) is 11.1 Å². The molecular formula is C17H26N2. The Balaban J connectivity index is 1.89. The van der Waals surface area contributed by atoms with Gasteiger partial charge in [-0.25, -0.2) is 0 Å². The van der Waals surface area contributed by atoms with E-state index in [0.29, 0.717) is 5.41 Å². The van der Waals surface area contributed by atoms with Crippen LogP contribution in [0.4, 0.5) is 0 Å². The summed E-state index contributed by atoms with van der Waals surface area (Å²) >= 11 is 0. The van der Waals surface area contributed by atoms with Gasteiger partial charge in [0.05, 0.1) is 0 Å². The second-order valence-electron chi connectivity index (χ2n) is 6.50. The lowest BCUT2D eigenvalue weighted by molar-refractivity contribution is 0.236. The molecule has 1 aromatic rings. The summed E-state index contributed by atoms with van der Waals surface area (Å²) in [4.78, 5) is 2.45. The highest BCUT2D eigenvalue weighted by atomic mass is 15.1. The summed E-state index contributed by atoms with van der Waals surface area (Å²) < 4.78 is 0. The van der Waals surface area contributed by atoms with Gasteiger partial charge in [0.25, 0.3) is 0 Å². The molecule has 1 heterocycles.